The minimum absolute atomic E-state index is 1.15. The van der Waals surface area contributed by atoms with Gasteiger partial charge in [0, 0.05) is 65.5 Å². The largest absolute Gasteiger partial charge is 0.309 e. The summed E-state index contributed by atoms with van der Waals surface area (Å²) in [7, 11) is 0. The number of benzene rings is 23. The summed E-state index contributed by atoms with van der Waals surface area (Å²) in [4.78, 5) is 0. The normalized spacial score (nSPS) is 12.2. The van der Waals surface area contributed by atoms with Crippen LogP contribution < -0.4 is 0 Å². The summed E-state index contributed by atoms with van der Waals surface area (Å²) in [5.41, 5.74) is 37.1. The molecule has 4 heterocycles. The summed E-state index contributed by atoms with van der Waals surface area (Å²) >= 11 is 0. The Morgan fingerprint density at radius 1 is 0.108 bits per heavy atom. The molecular formula is C126H76N4. The molecule has 27 aromatic rings. The summed E-state index contributed by atoms with van der Waals surface area (Å²) in [6, 6.07) is 171. The van der Waals surface area contributed by atoms with Gasteiger partial charge < -0.3 is 18.3 Å². The van der Waals surface area contributed by atoms with Crippen LogP contribution in [0.5, 0.6) is 0 Å². The van der Waals surface area contributed by atoms with Gasteiger partial charge in [-0.1, -0.05) is 346 Å². The standard InChI is InChI=1S/C68H40N2.C58H36N2/c1-4-21-50-46(17-1)47-18-5-7-25-55(47)68-57-26-8-6-22-51(57)66(40-61(50)68)70-63-30-12-10-24-53(63)60-39-42(32-36-65(60)70)41-31-35-64-59(38-41)52-23-9-11-29-62(52)69(64)44-16-13-15-43(37-44)45-33-34-58-49-20-3-2-19-48(49)56-28-14-27-54(45)67(56)58;1-2-11-42(12-3-1)59-54-19-8-6-15-47(54)52-35-40(27-33-56(52)59)41-28-34-57-53(36-41)48-16-7-9-20-55(48)60(57)43-29-25-38(26-30-43)37-21-23-39(24-22-37)44-31-32-51-46-14-5-4-13-45(46)50-18-10-17-49(44)58(50)51/h1-40H;1-36H. The SMILES string of the molecule is c1cc(-c2ccc3c4c(cccc24)-c2ccccc2-3)cc(-n2c3ccccc3c3cc(-c4ccc5c(c4)c4ccccc4n5-c4cc5c6ccccc6c6ccccc6c5c5ccccc45)ccc32)c1.c1ccc(-n2c3ccccc3c3cc(-c4ccc5c(c4)c4ccccc4n5-c4ccc(-c5ccc(-c6ccc7c8c(cccc68)-c6ccccc6-7)cc5)cc4)ccc32)cc1. The molecule has 0 unspecified atom stereocenters. The first kappa shape index (κ1) is 72.2. The van der Waals surface area contributed by atoms with Crippen LogP contribution in [0.2, 0.25) is 0 Å². The Morgan fingerprint density at radius 2 is 0.392 bits per heavy atom. The Balaban J connectivity index is 0.000000132. The van der Waals surface area contributed by atoms with Crippen molar-refractivity contribution in [1.82, 2.24) is 18.3 Å². The maximum absolute atomic E-state index is 2.51. The van der Waals surface area contributed by atoms with Gasteiger partial charge in [-0.25, -0.2) is 0 Å². The third-order valence-corrected chi connectivity index (χ3v) is 28.5. The topological polar surface area (TPSA) is 19.7 Å². The van der Waals surface area contributed by atoms with Crippen LogP contribution in [0.25, 0.3) is 275 Å². The Kier molecular flexibility index (Phi) is 15.6. The Bertz CT molecular complexity index is 9480. The van der Waals surface area contributed by atoms with Gasteiger partial charge in [-0.2, -0.15) is 0 Å². The highest BCUT2D eigenvalue weighted by Gasteiger charge is 2.28. The summed E-state index contributed by atoms with van der Waals surface area (Å²) in [6.07, 6.45) is 0. The van der Waals surface area contributed by atoms with Crippen molar-refractivity contribution in [2.24, 2.45) is 0 Å². The first-order valence-corrected chi connectivity index (χ1v) is 45.1. The van der Waals surface area contributed by atoms with Crippen molar-refractivity contribution in [2.45, 2.75) is 0 Å². The number of hydrogen-bond donors (Lipinski definition) is 0. The zero-order valence-electron chi connectivity index (χ0n) is 70.7. The summed E-state index contributed by atoms with van der Waals surface area (Å²) in [5, 5.41) is 25.6. The van der Waals surface area contributed by atoms with Crippen molar-refractivity contribution in [2.75, 3.05) is 0 Å². The lowest BCUT2D eigenvalue weighted by Crippen LogP contribution is -1.97. The van der Waals surface area contributed by atoms with Gasteiger partial charge in [0.2, 0.25) is 0 Å². The van der Waals surface area contributed by atoms with Gasteiger partial charge >= 0.3 is 0 Å². The number of aromatic nitrogens is 4. The van der Waals surface area contributed by atoms with E-state index >= 15 is 0 Å². The van der Waals surface area contributed by atoms with Crippen LogP contribution >= 0.6 is 0 Å². The lowest BCUT2D eigenvalue weighted by molar-refractivity contribution is 1.18. The molecule has 0 aliphatic heterocycles. The molecule has 4 heteroatoms. The number of fused-ring (bicyclic) bond motifs is 26. The first-order chi connectivity index (χ1) is 64.5. The molecule has 0 atom stereocenters. The molecule has 600 valence electrons. The lowest BCUT2D eigenvalue weighted by Gasteiger charge is -2.17. The molecule has 0 saturated carbocycles. The maximum atomic E-state index is 2.51. The molecule has 2 aliphatic carbocycles. The fourth-order valence-electron chi connectivity index (χ4n) is 22.8. The molecule has 0 bridgehead atoms. The Labute approximate surface area is 748 Å². The quantitative estimate of drug-likeness (QED) is 0.128. The van der Waals surface area contributed by atoms with E-state index in [0.29, 0.717) is 0 Å². The molecule has 0 fully saturated rings. The van der Waals surface area contributed by atoms with Gasteiger partial charge in [0.15, 0.2) is 0 Å². The van der Waals surface area contributed by atoms with Gasteiger partial charge in [-0.05, 0) is 275 Å². The van der Waals surface area contributed by atoms with Gasteiger partial charge in [0.05, 0.1) is 49.8 Å². The van der Waals surface area contributed by atoms with Crippen molar-refractivity contribution in [3.05, 3.63) is 461 Å². The predicted octanol–water partition coefficient (Wildman–Crippen LogP) is 34.3. The van der Waals surface area contributed by atoms with E-state index in [4.69, 9.17) is 0 Å². The van der Waals surface area contributed by atoms with Crippen molar-refractivity contribution >= 4 is 152 Å². The van der Waals surface area contributed by atoms with Gasteiger partial charge in [-0.15, -0.1) is 0 Å². The van der Waals surface area contributed by atoms with Crippen LogP contribution in [0.3, 0.4) is 0 Å². The highest BCUT2D eigenvalue weighted by molar-refractivity contribution is 6.33. The second-order valence-corrected chi connectivity index (χ2v) is 35.2. The third kappa shape index (κ3) is 10.7. The lowest BCUT2D eigenvalue weighted by atomic mass is 9.90. The average Bonchev–Trinajstić information content (AvgIpc) is 1.64. The van der Waals surface area contributed by atoms with E-state index in [-0.39, 0.29) is 0 Å². The highest BCUT2D eigenvalue weighted by Crippen LogP contribution is 2.53. The van der Waals surface area contributed by atoms with Crippen molar-refractivity contribution < 1.29 is 0 Å². The molecule has 0 radical (unpaired) electrons. The number of nitrogens with zero attached hydrogens (tertiary/aromatic N) is 4. The van der Waals surface area contributed by atoms with E-state index in [2.05, 4.69) is 479 Å². The third-order valence-electron chi connectivity index (χ3n) is 28.5. The summed E-state index contributed by atoms with van der Waals surface area (Å²) < 4.78 is 9.74. The molecule has 0 spiro atoms. The van der Waals surface area contributed by atoms with Gasteiger partial charge in [-0.3, -0.25) is 0 Å². The predicted molar refractivity (Wildman–Crippen MR) is 551 cm³/mol. The van der Waals surface area contributed by atoms with E-state index in [1.54, 1.807) is 0 Å². The van der Waals surface area contributed by atoms with Crippen molar-refractivity contribution in [3.8, 4) is 123 Å². The van der Waals surface area contributed by atoms with E-state index in [9.17, 15) is 0 Å². The number of rotatable bonds is 9. The van der Waals surface area contributed by atoms with E-state index < -0.39 is 0 Å². The molecule has 23 aromatic carbocycles. The van der Waals surface area contributed by atoms with Crippen LogP contribution in [-0.4, -0.2) is 18.3 Å². The second-order valence-electron chi connectivity index (χ2n) is 35.2. The summed E-state index contributed by atoms with van der Waals surface area (Å²) in [5.74, 6) is 0. The van der Waals surface area contributed by atoms with Gasteiger partial charge in [0.1, 0.15) is 0 Å². The number of para-hydroxylation sites is 5. The summed E-state index contributed by atoms with van der Waals surface area (Å²) in [6.45, 7) is 0. The zero-order chi connectivity index (χ0) is 84.9. The minimum atomic E-state index is 1.15. The molecular weight excluding hydrogens is 1570 g/mol. The van der Waals surface area contributed by atoms with Gasteiger partial charge in [0.25, 0.3) is 0 Å². The smallest absolute Gasteiger partial charge is 0.0547 e. The highest BCUT2D eigenvalue weighted by atomic mass is 15.0. The molecule has 0 amide bonds. The van der Waals surface area contributed by atoms with E-state index in [0.717, 1.165) is 11.4 Å². The monoisotopic (exact) mass is 1640 g/mol. The fourth-order valence-corrected chi connectivity index (χ4v) is 22.8. The van der Waals surface area contributed by atoms with Crippen LogP contribution in [0.4, 0.5) is 0 Å². The maximum Gasteiger partial charge on any atom is 0.0547 e. The van der Waals surface area contributed by atoms with E-state index in [1.807, 2.05) is 0 Å². The molecule has 130 heavy (non-hydrogen) atoms. The zero-order valence-corrected chi connectivity index (χ0v) is 70.7. The van der Waals surface area contributed by atoms with Crippen molar-refractivity contribution in [1.29, 1.82) is 0 Å². The molecule has 4 aromatic heterocycles. The van der Waals surface area contributed by atoms with Crippen LogP contribution in [0.15, 0.2) is 461 Å². The molecule has 0 saturated heterocycles. The molecule has 4 nitrogen and oxygen atoms in total. The fraction of sp³-hybridized carbons (Fsp3) is 0. The van der Waals surface area contributed by atoms with E-state index in [1.165, 1.54) is 263 Å². The minimum Gasteiger partial charge on any atom is -0.309 e. The van der Waals surface area contributed by atoms with Crippen LogP contribution in [0.1, 0.15) is 0 Å². The Morgan fingerprint density at radius 3 is 0.862 bits per heavy atom. The molecule has 29 rings (SSSR count). The first-order valence-electron chi connectivity index (χ1n) is 45.1. The van der Waals surface area contributed by atoms with Crippen molar-refractivity contribution in [3.63, 3.8) is 0 Å². The molecule has 2 aliphatic rings. The average molecular weight is 1650 g/mol. The van der Waals surface area contributed by atoms with Crippen LogP contribution in [0, 0.1) is 0 Å². The Hall–Kier alpha value is -17.2. The second kappa shape index (κ2) is 28.2. The molecule has 0 N–H and O–H groups in total. The number of hydrogen-bond acceptors (Lipinski definition) is 0. The van der Waals surface area contributed by atoms with Crippen LogP contribution in [-0.2, 0) is 0 Å².